The Balaban J connectivity index is 1.38. The molecule has 1 saturated carbocycles. The van der Waals surface area contributed by atoms with E-state index in [4.69, 9.17) is 0 Å². The molecule has 1 saturated heterocycles. The van der Waals surface area contributed by atoms with E-state index in [0.29, 0.717) is 11.8 Å². The van der Waals surface area contributed by atoms with Gasteiger partial charge in [0.05, 0.1) is 0 Å². The molecule has 3 heteroatoms. The molecule has 0 aromatic heterocycles. The number of carbonyl (C=O) groups excluding carboxylic acids is 1. The van der Waals surface area contributed by atoms with Gasteiger partial charge in [0.15, 0.2) is 0 Å². The minimum Gasteiger partial charge on any atom is -0.340 e. The molecule has 1 aliphatic heterocycles. The van der Waals surface area contributed by atoms with Gasteiger partial charge in [0.25, 0.3) is 0 Å². The molecule has 0 radical (unpaired) electrons. The highest BCUT2D eigenvalue weighted by molar-refractivity contribution is 5.85. The van der Waals surface area contributed by atoms with Crippen LogP contribution < -0.4 is 0 Å². The lowest BCUT2D eigenvalue weighted by Crippen LogP contribution is -2.49. The summed E-state index contributed by atoms with van der Waals surface area (Å²) in [5, 5.41) is 2.66. The van der Waals surface area contributed by atoms with Crippen molar-refractivity contribution in [3.05, 3.63) is 48.0 Å². The van der Waals surface area contributed by atoms with Crippen LogP contribution in [0.5, 0.6) is 0 Å². The Morgan fingerprint density at radius 2 is 1.62 bits per heavy atom. The molecule has 1 amide bonds. The van der Waals surface area contributed by atoms with E-state index >= 15 is 0 Å². The van der Waals surface area contributed by atoms with Gasteiger partial charge in [-0.1, -0.05) is 55.3 Å². The summed E-state index contributed by atoms with van der Waals surface area (Å²) in [5.41, 5.74) is 1.39. The summed E-state index contributed by atoms with van der Waals surface area (Å²) >= 11 is 0. The normalized spacial score (nSPS) is 19.9. The lowest BCUT2D eigenvalue weighted by Gasteiger charge is -2.36. The van der Waals surface area contributed by atoms with Crippen molar-refractivity contribution in [1.29, 1.82) is 0 Å². The van der Waals surface area contributed by atoms with Crippen LogP contribution in [-0.2, 0) is 11.3 Å². The molecule has 126 valence electrons. The first-order valence-electron chi connectivity index (χ1n) is 9.29. The smallest absolute Gasteiger partial charge is 0.225 e. The first-order valence-corrected chi connectivity index (χ1v) is 9.29. The van der Waals surface area contributed by atoms with E-state index in [1.165, 1.54) is 29.2 Å². The summed E-state index contributed by atoms with van der Waals surface area (Å²) < 4.78 is 0. The monoisotopic (exact) mass is 322 g/mol. The highest BCUT2D eigenvalue weighted by atomic mass is 16.2. The van der Waals surface area contributed by atoms with Gasteiger partial charge in [-0.3, -0.25) is 9.69 Å². The van der Waals surface area contributed by atoms with Crippen LogP contribution in [0.1, 0.15) is 31.2 Å². The van der Waals surface area contributed by atoms with E-state index in [9.17, 15) is 4.79 Å². The number of carbonyl (C=O) groups is 1. The van der Waals surface area contributed by atoms with E-state index in [1.807, 2.05) is 0 Å². The Bertz CT molecular complexity index is 707. The average Bonchev–Trinajstić information content (AvgIpc) is 3.17. The van der Waals surface area contributed by atoms with Crippen LogP contribution in [0.15, 0.2) is 42.5 Å². The van der Waals surface area contributed by atoms with Gasteiger partial charge in [-0.2, -0.15) is 0 Å². The number of nitrogens with zero attached hydrogens (tertiary/aromatic N) is 2. The third kappa shape index (κ3) is 3.18. The maximum absolute atomic E-state index is 12.5. The molecule has 0 unspecified atom stereocenters. The number of hydrogen-bond acceptors (Lipinski definition) is 2. The van der Waals surface area contributed by atoms with Crippen molar-refractivity contribution in [2.75, 3.05) is 26.2 Å². The van der Waals surface area contributed by atoms with Crippen molar-refractivity contribution in [1.82, 2.24) is 9.80 Å². The molecule has 1 heterocycles. The molecule has 2 aromatic rings. The summed E-state index contributed by atoms with van der Waals surface area (Å²) in [4.78, 5) is 17.1. The summed E-state index contributed by atoms with van der Waals surface area (Å²) in [7, 11) is 0. The fraction of sp³-hybridized carbons (Fsp3) is 0.476. The van der Waals surface area contributed by atoms with Crippen molar-refractivity contribution in [3.63, 3.8) is 0 Å². The third-order valence-electron chi connectivity index (χ3n) is 5.66. The topological polar surface area (TPSA) is 23.6 Å². The van der Waals surface area contributed by atoms with Gasteiger partial charge in [-0.25, -0.2) is 0 Å². The largest absolute Gasteiger partial charge is 0.340 e. The zero-order valence-corrected chi connectivity index (χ0v) is 14.3. The highest BCUT2D eigenvalue weighted by Crippen LogP contribution is 2.27. The predicted octanol–water partition coefficient (Wildman–Crippen LogP) is 3.67. The van der Waals surface area contributed by atoms with Crippen LogP contribution in [-0.4, -0.2) is 41.9 Å². The van der Waals surface area contributed by atoms with Gasteiger partial charge in [-0.05, 0) is 29.2 Å². The number of rotatable bonds is 3. The lowest BCUT2D eigenvalue weighted by molar-refractivity contribution is -0.137. The number of fused-ring (bicyclic) bond motifs is 1. The fourth-order valence-corrected chi connectivity index (χ4v) is 4.23. The second-order valence-corrected chi connectivity index (χ2v) is 7.22. The highest BCUT2D eigenvalue weighted by Gasteiger charge is 2.29. The molecular formula is C21H26N2O. The van der Waals surface area contributed by atoms with Crippen LogP contribution in [0.4, 0.5) is 0 Å². The van der Waals surface area contributed by atoms with Crippen LogP contribution in [0.2, 0.25) is 0 Å². The summed E-state index contributed by atoms with van der Waals surface area (Å²) in [6, 6.07) is 15.2. The van der Waals surface area contributed by atoms with Crippen molar-refractivity contribution < 1.29 is 4.79 Å². The first-order chi connectivity index (χ1) is 11.8. The van der Waals surface area contributed by atoms with Crippen LogP contribution in [0, 0.1) is 5.92 Å². The van der Waals surface area contributed by atoms with Crippen molar-refractivity contribution >= 4 is 16.7 Å². The zero-order valence-electron chi connectivity index (χ0n) is 14.3. The molecule has 0 atom stereocenters. The molecule has 0 spiro atoms. The standard InChI is InChI=1S/C21H26N2O/c24-21(18-7-1-2-8-18)23-14-12-22(13-15-23)16-19-10-5-9-17-6-3-4-11-20(17)19/h3-6,9-11,18H,1-2,7-8,12-16H2. The van der Waals surface area contributed by atoms with Crippen molar-refractivity contribution in [3.8, 4) is 0 Å². The van der Waals surface area contributed by atoms with Gasteiger partial charge in [-0.15, -0.1) is 0 Å². The summed E-state index contributed by atoms with van der Waals surface area (Å²) in [5.74, 6) is 0.729. The SMILES string of the molecule is O=C(C1CCCC1)N1CCN(Cc2cccc3ccccc23)CC1. The molecule has 2 aromatic carbocycles. The van der Waals surface area contributed by atoms with E-state index < -0.39 is 0 Å². The Hall–Kier alpha value is -1.87. The molecule has 4 rings (SSSR count). The maximum Gasteiger partial charge on any atom is 0.225 e. The molecule has 3 nitrogen and oxygen atoms in total. The van der Waals surface area contributed by atoms with Gasteiger partial charge in [0, 0.05) is 38.6 Å². The molecule has 2 fully saturated rings. The quantitative estimate of drug-likeness (QED) is 0.861. The number of hydrogen-bond donors (Lipinski definition) is 0. The van der Waals surface area contributed by atoms with Crippen LogP contribution >= 0.6 is 0 Å². The number of piperazine rings is 1. The van der Waals surface area contributed by atoms with Gasteiger partial charge < -0.3 is 4.90 Å². The number of benzene rings is 2. The second-order valence-electron chi connectivity index (χ2n) is 7.22. The molecular weight excluding hydrogens is 296 g/mol. The molecule has 0 N–H and O–H groups in total. The molecule has 24 heavy (non-hydrogen) atoms. The number of amides is 1. The second kappa shape index (κ2) is 6.94. The molecule has 1 aliphatic carbocycles. The maximum atomic E-state index is 12.5. The van der Waals surface area contributed by atoms with Gasteiger partial charge in [0.2, 0.25) is 5.91 Å². The predicted molar refractivity (Wildman–Crippen MR) is 97.8 cm³/mol. The minimum atomic E-state index is 0.314. The molecule has 0 bridgehead atoms. The van der Waals surface area contributed by atoms with E-state index in [-0.39, 0.29) is 0 Å². The summed E-state index contributed by atoms with van der Waals surface area (Å²) in [6.45, 7) is 4.73. The first kappa shape index (κ1) is 15.6. The fourth-order valence-electron chi connectivity index (χ4n) is 4.23. The van der Waals surface area contributed by atoms with E-state index in [1.54, 1.807) is 0 Å². The summed E-state index contributed by atoms with van der Waals surface area (Å²) in [6.07, 6.45) is 4.68. The van der Waals surface area contributed by atoms with E-state index in [2.05, 4.69) is 52.3 Å². The van der Waals surface area contributed by atoms with Crippen molar-refractivity contribution in [2.24, 2.45) is 5.92 Å². The average molecular weight is 322 g/mol. The Kier molecular flexibility index (Phi) is 4.52. The van der Waals surface area contributed by atoms with Gasteiger partial charge >= 0.3 is 0 Å². The Morgan fingerprint density at radius 1 is 0.917 bits per heavy atom. The van der Waals surface area contributed by atoms with Gasteiger partial charge in [0.1, 0.15) is 0 Å². The van der Waals surface area contributed by atoms with Crippen LogP contribution in [0.25, 0.3) is 10.8 Å². The third-order valence-corrected chi connectivity index (χ3v) is 5.66. The Labute approximate surface area is 144 Å². The molecule has 2 aliphatic rings. The zero-order chi connectivity index (χ0) is 16.4. The van der Waals surface area contributed by atoms with Crippen LogP contribution in [0.3, 0.4) is 0 Å². The lowest BCUT2D eigenvalue weighted by atomic mass is 10.0. The minimum absolute atomic E-state index is 0.314. The van der Waals surface area contributed by atoms with Crippen molar-refractivity contribution in [2.45, 2.75) is 32.2 Å². The Morgan fingerprint density at radius 3 is 2.42 bits per heavy atom. The van der Waals surface area contributed by atoms with E-state index in [0.717, 1.165) is 45.6 Å².